The fraction of sp³-hybridized carbons (Fsp3) is 0.190. The van der Waals surface area contributed by atoms with E-state index in [-0.39, 0.29) is 11.8 Å². The van der Waals surface area contributed by atoms with Crippen LogP contribution in [0.2, 0.25) is 0 Å². The zero-order chi connectivity index (χ0) is 19.5. The Hall–Kier alpha value is -2.93. The van der Waals surface area contributed by atoms with Crippen LogP contribution < -0.4 is 10.2 Å². The first-order chi connectivity index (χ1) is 13.6. The van der Waals surface area contributed by atoms with Gasteiger partial charge in [-0.2, -0.15) is 5.10 Å². The molecule has 0 bridgehead atoms. The fourth-order valence-corrected chi connectivity index (χ4v) is 3.87. The third-order valence-electron chi connectivity index (χ3n) is 4.81. The molecule has 0 spiro atoms. The van der Waals surface area contributed by atoms with Gasteiger partial charge >= 0.3 is 0 Å². The lowest BCUT2D eigenvalue weighted by molar-refractivity contribution is -0.129. The molecule has 4 rings (SSSR count). The van der Waals surface area contributed by atoms with Gasteiger partial charge in [0.25, 0.3) is 0 Å². The minimum absolute atomic E-state index is 0.182. The Morgan fingerprint density at radius 2 is 1.86 bits per heavy atom. The summed E-state index contributed by atoms with van der Waals surface area (Å²) in [7, 11) is 0. The Bertz CT molecular complexity index is 1000. The van der Waals surface area contributed by atoms with Gasteiger partial charge in [0.15, 0.2) is 0 Å². The Labute approximate surface area is 171 Å². The summed E-state index contributed by atoms with van der Waals surface area (Å²) in [5.41, 5.74) is 1.87. The Morgan fingerprint density at radius 3 is 2.64 bits per heavy atom. The Morgan fingerprint density at radius 1 is 1.11 bits per heavy atom. The number of aromatic nitrogens is 2. The average Bonchev–Trinajstić information content (AvgIpc) is 3.29. The molecule has 2 amide bonds. The van der Waals surface area contributed by atoms with Crippen LogP contribution in [-0.4, -0.2) is 28.1 Å². The van der Waals surface area contributed by atoms with Crippen LogP contribution in [0.1, 0.15) is 12.0 Å². The van der Waals surface area contributed by atoms with Crippen molar-refractivity contribution < 1.29 is 9.59 Å². The summed E-state index contributed by atoms with van der Waals surface area (Å²) < 4.78 is 2.56. The van der Waals surface area contributed by atoms with Gasteiger partial charge in [0, 0.05) is 17.1 Å². The third-order valence-corrected chi connectivity index (χ3v) is 5.48. The van der Waals surface area contributed by atoms with Crippen molar-refractivity contribution in [2.75, 3.05) is 16.8 Å². The van der Waals surface area contributed by atoms with Gasteiger partial charge in [-0.15, -0.1) is 0 Å². The van der Waals surface area contributed by atoms with Gasteiger partial charge in [-0.05, 0) is 40.0 Å². The standard InChI is InChI=1S/C21H19BrN4O2/c22-17-8-4-5-9-18(17)25-13-11-16(21(25)28)20(27)24-19-10-12-23-26(19)14-15-6-2-1-3-7-15/h1-10,12,16H,11,13-14H2,(H,24,27). The zero-order valence-corrected chi connectivity index (χ0v) is 16.7. The SMILES string of the molecule is O=C(Nc1ccnn1Cc1ccccc1)C1CCN(c2ccccc2Br)C1=O. The molecule has 1 N–H and O–H groups in total. The van der Waals surface area contributed by atoms with Crippen LogP contribution in [0.3, 0.4) is 0 Å². The van der Waals surface area contributed by atoms with E-state index < -0.39 is 5.92 Å². The summed E-state index contributed by atoms with van der Waals surface area (Å²) in [5.74, 6) is -0.596. The van der Waals surface area contributed by atoms with Crippen LogP contribution in [-0.2, 0) is 16.1 Å². The van der Waals surface area contributed by atoms with Crippen molar-refractivity contribution in [3.63, 3.8) is 0 Å². The van der Waals surface area contributed by atoms with E-state index in [1.54, 1.807) is 21.8 Å². The molecule has 6 nitrogen and oxygen atoms in total. The lowest BCUT2D eigenvalue weighted by atomic mass is 10.1. The summed E-state index contributed by atoms with van der Waals surface area (Å²) in [4.78, 5) is 27.3. The lowest BCUT2D eigenvalue weighted by Crippen LogP contribution is -2.33. The molecule has 7 heteroatoms. The summed E-state index contributed by atoms with van der Waals surface area (Å²) in [6.45, 7) is 1.06. The van der Waals surface area contributed by atoms with E-state index in [1.807, 2.05) is 54.6 Å². The molecule has 1 saturated heterocycles. The highest BCUT2D eigenvalue weighted by Gasteiger charge is 2.38. The molecule has 2 heterocycles. The highest BCUT2D eigenvalue weighted by atomic mass is 79.9. The summed E-state index contributed by atoms with van der Waals surface area (Å²) in [6, 6.07) is 19.2. The van der Waals surface area contributed by atoms with Crippen molar-refractivity contribution in [2.24, 2.45) is 5.92 Å². The van der Waals surface area contributed by atoms with E-state index in [0.29, 0.717) is 25.3 Å². The number of hydrogen-bond donors (Lipinski definition) is 1. The number of anilines is 2. The van der Waals surface area contributed by atoms with E-state index in [0.717, 1.165) is 15.7 Å². The van der Waals surface area contributed by atoms with Crippen molar-refractivity contribution in [2.45, 2.75) is 13.0 Å². The second kappa shape index (κ2) is 7.98. The van der Waals surface area contributed by atoms with Crippen LogP contribution in [0.25, 0.3) is 0 Å². The van der Waals surface area contributed by atoms with Crippen molar-refractivity contribution in [3.8, 4) is 0 Å². The number of carbonyl (C=O) groups is 2. The average molecular weight is 439 g/mol. The van der Waals surface area contributed by atoms with E-state index in [9.17, 15) is 9.59 Å². The molecule has 1 fully saturated rings. The zero-order valence-electron chi connectivity index (χ0n) is 15.1. The molecule has 1 aliphatic heterocycles. The molecule has 28 heavy (non-hydrogen) atoms. The van der Waals surface area contributed by atoms with Crippen molar-refractivity contribution in [1.29, 1.82) is 0 Å². The second-order valence-electron chi connectivity index (χ2n) is 6.63. The van der Waals surface area contributed by atoms with E-state index in [4.69, 9.17) is 0 Å². The molecule has 2 aromatic carbocycles. The maximum Gasteiger partial charge on any atom is 0.239 e. The Balaban J connectivity index is 1.46. The number of rotatable bonds is 5. The van der Waals surface area contributed by atoms with Crippen molar-refractivity contribution in [3.05, 3.63) is 76.9 Å². The van der Waals surface area contributed by atoms with Crippen molar-refractivity contribution >= 4 is 39.2 Å². The smallest absolute Gasteiger partial charge is 0.239 e. The number of amides is 2. The van der Waals surface area contributed by atoms with Gasteiger partial charge < -0.3 is 10.2 Å². The number of benzene rings is 2. The number of hydrogen-bond acceptors (Lipinski definition) is 3. The molecule has 1 atom stereocenters. The van der Waals surface area contributed by atoms with Crippen molar-refractivity contribution in [1.82, 2.24) is 9.78 Å². The molecule has 3 aromatic rings. The number of para-hydroxylation sites is 1. The third kappa shape index (κ3) is 3.71. The molecule has 0 saturated carbocycles. The molecule has 142 valence electrons. The van der Waals surface area contributed by atoms with Crippen LogP contribution in [0.15, 0.2) is 71.3 Å². The molecular weight excluding hydrogens is 420 g/mol. The molecule has 0 radical (unpaired) electrons. The fourth-order valence-electron chi connectivity index (χ4n) is 3.37. The van der Waals surface area contributed by atoms with Gasteiger partial charge in [-0.1, -0.05) is 42.5 Å². The quantitative estimate of drug-likeness (QED) is 0.617. The van der Waals surface area contributed by atoms with Crippen LogP contribution in [0, 0.1) is 5.92 Å². The maximum absolute atomic E-state index is 12.8. The van der Waals surface area contributed by atoms with Gasteiger partial charge in [-0.3, -0.25) is 9.59 Å². The minimum Gasteiger partial charge on any atom is -0.311 e. The number of nitrogens with zero attached hydrogens (tertiary/aromatic N) is 3. The van der Waals surface area contributed by atoms with Crippen LogP contribution >= 0.6 is 15.9 Å². The lowest BCUT2D eigenvalue weighted by Gasteiger charge is -2.18. The first-order valence-corrected chi connectivity index (χ1v) is 9.85. The highest BCUT2D eigenvalue weighted by molar-refractivity contribution is 9.10. The number of halogens is 1. The topological polar surface area (TPSA) is 67.2 Å². The van der Waals surface area contributed by atoms with Crippen LogP contribution in [0.5, 0.6) is 0 Å². The largest absolute Gasteiger partial charge is 0.311 e. The summed E-state index contributed by atoms with van der Waals surface area (Å²) >= 11 is 3.47. The van der Waals surface area contributed by atoms with E-state index in [1.165, 1.54) is 0 Å². The number of carbonyl (C=O) groups excluding carboxylic acids is 2. The normalized spacial score (nSPS) is 16.4. The summed E-state index contributed by atoms with van der Waals surface area (Å²) in [5, 5.41) is 7.16. The van der Waals surface area contributed by atoms with E-state index >= 15 is 0 Å². The van der Waals surface area contributed by atoms with E-state index in [2.05, 4.69) is 26.3 Å². The first-order valence-electron chi connectivity index (χ1n) is 9.06. The maximum atomic E-state index is 12.8. The van der Waals surface area contributed by atoms with Gasteiger partial charge in [0.05, 0.1) is 18.4 Å². The summed E-state index contributed by atoms with van der Waals surface area (Å²) in [6.07, 6.45) is 2.13. The minimum atomic E-state index is -0.702. The van der Waals surface area contributed by atoms with Gasteiger partial charge in [0.1, 0.15) is 11.7 Å². The highest BCUT2D eigenvalue weighted by Crippen LogP contribution is 2.31. The molecule has 0 aliphatic carbocycles. The molecular formula is C21H19BrN4O2. The first kappa shape index (κ1) is 18.4. The van der Waals surface area contributed by atoms with Gasteiger partial charge in [-0.25, -0.2) is 4.68 Å². The predicted octanol–water partition coefficient (Wildman–Crippen LogP) is 3.69. The molecule has 1 unspecified atom stereocenters. The Kier molecular flexibility index (Phi) is 5.25. The molecule has 1 aliphatic rings. The van der Waals surface area contributed by atoms with Crippen LogP contribution in [0.4, 0.5) is 11.5 Å². The molecule has 1 aromatic heterocycles. The van der Waals surface area contributed by atoms with Gasteiger partial charge in [0.2, 0.25) is 11.8 Å². The second-order valence-corrected chi connectivity index (χ2v) is 7.49. The monoisotopic (exact) mass is 438 g/mol. The predicted molar refractivity (Wildman–Crippen MR) is 111 cm³/mol. The number of nitrogens with one attached hydrogen (secondary N) is 1.